The minimum atomic E-state index is -4.61. The fraction of sp³-hybridized carbons (Fsp3) is 0.423. The van der Waals surface area contributed by atoms with E-state index >= 15 is 0 Å². The Morgan fingerprint density at radius 2 is 1.68 bits per heavy atom. The fourth-order valence-electron chi connectivity index (χ4n) is 3.35. The number of nitrogens with zero attached hydrogens (tertiary/aromatic N) is 1. The lowest BCUT2D eigenvalue weighted by molar-refractivity contribution is -0.0608. The highest BCUT2D eigenvalue weighted by molar-refractivity contribution is 6.04. The van der Waals surface area contributed by atoms with Crippen molar-refractivity contribution in [3.8, 4) is 17.2 Å². The summed E-state index contributed by atoms with van der Waals surface area (Å²) in [6.45, 7) is 8.89. The maximum atomic E-state index is 13.1. The highest BCUT2D eigenvalue weighted by atomic mass is 19.4. The molecular weight excluding hydrogens is 447 g/mol. The lowest BCUT2D eigenvalue weighted by Gasteiger charge is -2.17. The Labute approximate surface area is 199 Å². The first-order valence-electron chi connectivity index (χ1n) is 11.1. The zero-order chi connectivity index (χ0) is 25.1. The number of hydrogen-bond acceptors (Lipinski definition) is 5. The van der Waals surface area contributed by atoms with Gasteiger partial charge in [-0.05, 0) is 88.1 Å². The number of ether oxygens (including phenoxy) is 3. The molecule has 0 aliphatic carbocycles. The first-order valence-corrected chi connectivity index (χ1v) is 11.1. The molecule has 0 aliphatic heterocycles. The van der Waals surface area contributed by atoms with Crippen LogP contribution in [0.3, 0.4) is 0 Å². The highest BCUT2D eigenvalue weighted by Crippen LogP contribution is 2.29. The van der Waals surface area contributed by atoms with E-state index in [4.69, 9.17) is 14.2 Å². The minimum Gasteiger partial charge on any atom is -0.493 e. The summed E-state index contributed by atoms with van der Waals surface area (Å²) < 4.78 is 56.7. The number of benzene rings is 2. The second-order valence-electron chi connectivity index (χ2n) is 7.83. The van der Waals surface area contributed by atoms with Gasteiger partial charge in [0.05, 0.1) is 12.7 Å². The maximum absolute atomic E-state index is 13.1. The van der Waals surface area contributed by atoms with E-state index in [1.165, 1.54) is 24.3 Å². The number of allylic oxidation sites excluding steroid dienone is 1. The molecule has 2 aromatic rings. The van der Waals surface area contributed by atoms with Gasteiger partial charge in [0, 0.05) is 5.56 Å². The van der Waals surface area contributed by atoms with Gasteiger partial charge in [0.1, 0.15) is 31.0 Å². The summed E-state index contributed by atoms with van der Waals surface area (Å²) in [6.07, 6.45) is 0.636. The Bertz CT molecular complexity index is 946. The van der Waals surface area contributed by atoms with Crippen LogP contribution >= 0.6 is 0 Å². The summed E-state index contributed by atoms with van der Waals surface area (Å²) >= 11 is 0. The van der Waals surface area contributed by atoms with Crippen LogP contribution < -0.4 is 14.2 Å². The Kier molecular flexibility index (Phi) is 10.3. The molecule has 5 nitrogen and oxygen atoms in total. The number of alkyl halides is 3. The lowest BCUT2D eigenvalue weighted by Crippen LogP contribution is -2.24. The number of oxime groups is 1. The summed E-state index contributed by atoms with van der Waals surface area (Å²) in [4.78, 5) is 4.32. The summed E-state index contributed by atoms with van der Waals surface area (Å²) in [5.74, 6) is 2.14. The van der Waals surface area contributed by atoms with E-state index in [9.17, 15) is 13.2 Å². The van der Waals surface area contributed by atoms with Crippen LogP contribution in [-0.4, -0.2) is 38.3 Å². The van der Waals surface area contributed by atoms with Crippen LogP contribution in [0.25, 0.3) is 0 Å². The zero-order valence-corrected chi connectivity index (χ0v) is 20.2. The molecule has 0 heterocycles. The third-order valence-corrected chi connectivity index (χ3v) is 4.93. The normalized spacial score (nSPS) is 13.1. The summed E-state index contributed by atoms with van der Waals surface area (Å²) in [7, 11) is 1.08. The van der Waals surface area contributed by atoms with Gasteiger partial charge < -0.3 is 19.0 Å². The van der Waals surface area contributed by atoms with Crippen molar-refractivity contribution in [2.24, 2.45) is 5.16 Å². The van der Waals surface area contributed by atoms with Crippen LogP contribution in [-0.2, 0) is 4.84 Å². The van der Waals surface area contributed by atoms with Gasteiger partial charge in [-0.25, -0.2) is 0 Å². The first kappa shape index (κ1) is 27.1. The SMILES string of the molecule is C/C=C/COc1cc(C)c(OCCCC(C)Oc2ccc(C(=NOC)C(F)(F)F)cc2)c(C)c1. The van der Waals surface area contributed by atoms with Crippen LogP contribution in [0.4, 0.5) is 13.2 Å². The van der Waals surface area contributed by atoms with Gasteiger partial charge >= 0.3 is 6.18 Å². The second-order valence-corrected chi connectivity index (χ2v) is 7.83. The van der Waals surface area contributed by atoms with E-state index < -0.39 is 11.9 Å². The molecule has 0 bridgehead atoms. The molecule has 1 unspecified atom stereocenters. The molecule has 0 N–H and O–H groups in total. The molecule has 2 aromatic carbocycles. The molecule has 0 saturated heterocycles. The monoisotopic (exact) mass is 479 g/mol. The highest BCUT2D eigenvalue weighted by Gasteiger charge is 2.37. The molecule has 1 atom stereocenters. The molecular formula is C26H32F3NO4. The Morgan fingerprint density at radius 1 is 1.03 bits per heavy atom. The number of halogens is 3. The van der Waals surface area contributed by atoms with Crippen molar-refractivity contribution in [1.82, 2.24) is 0 Å². The van der Waals surface area contributed by atoms with Crippen molar-refractivity contribution >= 4 is 5.71 Å². The molecule has 0 spiro atoms. The van der Waals surface area contributed by atoms with E-state index in [1.54, 1.807) is 0 Å². The van der Waals surface area contributed by atoms with Crippen molar-refractivity contribution in [1.29, 1.82) is 0 Å². The Balaban J connectivity index is 1.84. The summed E-state index contributed by atoms with van der Waals surface area (Å²) in [5, 5.41) is 3.09. The maximum Gasteiger partial charge on any atom is 0.437 e. The molecule has 8 heteroatoms. The standard InChI is InChI=1S/C26H32F3NO4/c1-6-7-14-32-23-16-18(2)24(19(3)17-23)33-15-8-9-20(4)34-22-12-10-21(11-13-22)25(30-31-5)26(27,28)29/h6-7,10-13,16-17,20H,8-9,14-15H2,1-5H3/b7-6+,30-25?. The number of aryl methyl sites for hydroxylation is 2. The van der Waals surface area contributed by atoms with E-state index in [0.717, 1.165) is 42.6 Å². The van der Waals surface area contributed by atoms with Crippen molar-refractivity contribution in [3.05, 3.63) is 65.2 Å². The topological polar surface area (TPSA) is 49.3 Å². The van der Waals surface area contributed by atoms with Gasteiger partial charge in [-0.2, -0.15) is 13.2 Å². The average molecular weight is 480 g/mol. The van der Waals surface area contributed by atoms with Crippen LogP contribution in [0.1, 0.15) is 43.4 Å². The van der Waals surface area contributed by atoms with Crippen LogP contribution in [0.15, 0.2) is 53.7 Å². The number of rotatable bonds is 12. The van der Waals surface area contributed by atoms with E-state index in [-0.39, 0.29) is 11.7 Å². The molecule has 0 radical (unpaired) electrons. The second kappa shape index (κ2) is 12.9. The molecule has 0 amide bonds. The Hall–Kier alpha value is -3.16. The van der Waals surface area contributed by atoms with Gasteiger partial charge in [0.2, 0.25) is 0 Å². The lowest BCUT2D eigenvalue weighted by atomic mass is 10.1. The molecule has 2 rings (SSSR count). The van der Waals surface area contributed by atoms with Crippen LogP contribution in [0.2, 0.25) is 0 Å². The molecule has 0 aliphatic rings. The van der Waals surface area contributed by atoms with E-state index in [1.807, 2.05) is 52.0 Å². The molecule has 34 heavy (non-hydrogen) atoms. The predicted octanol–water partition coefficient (Wildman–Crippen LogP) is 6.80. The van der Waals surface area contributed by atoms with Crippen molar-refractivity contribution < 1.29 is 32.2 Å². The molecule has 0 fully saturated rings. The van der Waals surface area contributed by atoms with Crippen LogP contribution in [0, 0.1) is 13.8 Å². The molecule has 186 valence electrons. The van der Waals surface area contributed by atoms with Gasteiger partial charge in [0.15, 0.2) is 5.71 Å². The third kappa shape index (κ3) is 8.32. The first-order chi connectivity index (χ1) is 16.2. The zero-order valence-electron chi connectivity index (χ0n) is 20.2. The average Bonchev–Trinajstić information content (AvgIpc) is 2.76. The fourth-order valence-corrected chi connectivity index (χ4v) is 3.35. The largest absolute Gasteiger partial charge is 0.493 e. The van der Waals surface area contributed by atoms with Crippen molar-refractivity contribution in [2.75, 3.05) is 20.3 Å². The predicted molar refractivity (Wildman–Crippen MR) is 127 cm³/mol. The van der Waals surface area contributed by atoms with Gasteiger partial charge in [-0.1, -0.05) is 17.3 Å². The van der Waals surface area contributed by atoms with Crippen molar-refractivity contribution in [3.63, 3.8) is 0 Å². The van der Waals surface area contributed by atoms with E-state index in [0.29, 0.717) is 19.0 Å². The van der Waals surface area contributed by atoms with Crippen LogP contribution in [0.5, 0.6) is 17.2 Å². The third-order valence-electron chi connectivity index (χ3n) is 4.93. The van der Waals surface area contributed by atoms with Gasteiger partial charge in [0.25, 0.3) is 0 Å². The minimum absolute atomic E-state index is 0.0910. The smallest absolute Gasteiger partial charge is 0.437 e. The molecule has 0 aromatic heterocycles. The quantitative estimate of drug-likeness (QED) is 0.145. The summed E-state index contributed by atoms with van der Waals surface area (Å²) in [6, 6.07) is 9.53. The van der Waals surface area contributed by atoms with Gasteiger partial charge in [-0.15, -0.1) is 0 Å². The van der Waals surface area contributed by atoms with Crippen molar-refractivity contribution in [2.45, 2.75) is 52.8 Å². The van der Waals surface area contributed by atoms with Gasteiger partial charge in [-0.3, -0.25) is 0 Å². The van der Waals surface area contributed by atoms with E-state index in [2.05, 4.69) is 9.99 Å². The molecule has 0 saturated carbocycles. The summed E-state index contributed by atoms with van der Waals surface area (Å²) in [5.41, 5.74) is 0.840. The Morgan fingerprint density at radius 3 is 2.24 bits per heavy atom. The number of hydrogen-bond donors (Lipinski definition) is 0.